The summed E-state index contributed by atoms with van der Waals surface area (Å²) >= 11 is 1.74. The molecular weight excluding hydrogens is 244 g/mol. The van der Waals surface area contributed by atoms with Crippen LogP contribution in [-0.2, 0) is 5.75 Å². The maximum Gasteiger partial charge on any atom is 0.113 e. The van der Waals surface area contributed by atoms with Crippen molar-refractivity contribution in [3.63, 3.8) is 0 Å². The zero-order valence-electron chi connectivity index (χ0n) is 9.67. The summed E-state index contributed by atoms with van der Waals surface area (Å²) in [5.41, 5.74) is 6.71. The van der Waals surface area contributed by atoms with E-state index in [0.29, 0.717) is 0 Å². The van der Waals surface area contributed by atoms with Crippen LogP contribution < -0.4 is 5.73 Å². The van der Waals surface area contributed by atoms with Gasteiger partial charge in [-0.3, -0.25) is 4.98 Å². The summed E-state index contributed by atoms with van der Waals surface area (Å²) in [4.78, 5) is 5.31. The molecule has 0 aliphatic rings. The summed E-state index contributed by atoms with van der Waals surface area (Å²) in [7, 11) is 0. The molecule has 3 aromatic rings. The number of benzene rings is 1. The van der Waals surface area contributed by atoms with Gasteiger partial charge in [0.1, 0.15) is 5.76 Å². The number of rotatable bonds is 3. The van der Waals surface area contributed by atoms with Gasteiger partial charge in [-0.2, -0.15) is 0 Å². The summed E-state index contributed by atoms with van der Waals surface area (Å²) < 4.78 is 5.33. The number of thioether (sulfide) groups is 1. The Morgan fingerprint density at radius 2 is 2.11 bits per heavy atom. The zero-order chi connectivity index (χ0) is 12.4. The Hall–Kier alpha value is -1.94. The third kappa shape index (κ3) is 2.07. The van der Waals surface area contributed by atoms with Crippen molar-refractivity contribution in [2.45, 2.75) is 10.6 Å². The third-order valence-electron chi connectivity index (χ3n) is 2.76. The third-order valence-corrected chi connectivity index (χ3v) is 3.86. The Kier molecular flexibility index (Phi) is 2.94. The highest BCUT2D eigenvalue weighted by Gasteiger charge is 2.05. The van der Waals surface area contributed by atoms with Gasteiger partial charge in [-0.05, 0) is 30.3 Å². The number of anilines is 1. The van der Waals surface area contributed by atoms with Crippen LogP contribution in [0.25, 0.3) is 10.8 Å². The summed E-state index contributed by atoms with van der Waals surface area (Å²) in [5.74, 6) is 1.79. The van der Waals surface area contributed by atoms with E-state index in [4.69, 9.17) is 10.2 Å². The lowest BCUT2D eigenvalue weighted by molar-refractivity contribution is 0.530. The smallest absolute Gasteiger partial charge is 0.113 e. The Bertz CT molecular complexity index is 665. The molecule has 0 saturated carbocycles. The number of hydrogen-bond acceptors (Lipinski definition) is 4. The highest BCUT2D eigenvalue weighted by molar-refractivity contribution is 7.98. The average Bonchev–Trinajstić information content (AvgIpc) is 2.92. The first-order valence-corrected chi connectivity index (χ1v) is 6.60. The van der Waals surface area contributed by atoms with Crippen LogP contribution in [-0.4, -0.2) is 4.98 Å². The molecule has 0 saturated heterocycles. The number of nitrogens with two attached hydrogens (primary N) is 1. The normalized spacial score (nSPS) is 10.9. The highest BCUT2D eigenvalue weighted by atomic mass is 32.2. The molecular formula is C14H12N2OS. The van der Waals surface area contributed by atoms with Crippen molar-refractivity contribution in [1.82, 2.24) is 4.98 Å². The number of aromatic nitrogens is 1. The molecule has 0 aliphatic heterocycles. The van der Waals surface area contributed by atoms with E-state index in [1.807, 2.05) is 36.5 Å². The predicted octanol–water partition coefficient (Wildman–Crippen LogP) is 3.70. The van der Waals surface area contributed by atoms with E-state index in [1.165, 1.54) is 4.90 Å². The SMILES string of the molecule is Nc1ccc(SCc2ccco2)c2ccncc12. The molecule has 0 unspecified atom stereocenters. The molecule has 0 spiro atoms. The van der Waals surface area contributed by atoms with Crippen LogP contribution in [0.4, 0.5) is 5.69 Å². The fourth-order valence-electron chi connectivity index (χ4n) is 1.85. The second-order valence-electron chi connectivity index (χ2n) is 3.94. The summed E-state index contributed by atoms with van der Waals surface area (Å²) in [6.45, 7) is 0. The van der Waals surface area contributed by atoms with Crippen LogP contribution in [0.3, 0.4) is 0 Å². The fraction of sp³-hybridized carbons (Fsp3) is 0.0714. The van der Waals surface area contributed by atoms with Crippen molar-refractivity contribution in [2.75, 3.05) is 5.73 Å². The van der Waals surface area contributed by atoms with Crippen LogP contribution >= 0.6 is 11.8 Å². The Morgan fingerprint density at radius 3 is 2.94 bits per heavy atom. The van der Waals surface area contributed by atoms with Crippen LogP contribution in [0.2, 0.25) is 0 Å². The Morgan fingerprint density at radius 1 is 1.17 bits per heavy atom. The van der Waals surface area contributed by atoms with Gasteiger partial charge in [-0.1, -0.05) is 0 Å². The van der Waals surface area contributed by atoms with E-state index < -0.39 is 0 Å². The minimum absolute atomic E-state index is 0.764. The highest BCUT2D eigenvalue weighted by Crippen LogP contribution is 2.32. The lowest BCUT2D eigenvalue weighted by Crippen LogP contribution is -1.89. The van der Waals surface area contributed by atoms with E-state index in [2.05, 4.69) is 4.98 Å². The van der Waals surface area contributed by atoms with E-state index >= 15 is 0 Å². The number of pyridine rings is 1. The second kappa shape index (κ2) is 4.74. The quantitative estimate of drug-likeness (QED) is 0.573. The van der Waals surface area contributed by atoms with Gasteiger partial charge < -0.3 is 10.2 Å². The van der Waals surface area contributed by atoms with Gasteiger partial charge in [-0.15, -0.1) is 11.8 Å². The van der Waals surface area contributed by atoms with Gasteiger partial charge in [0.2, 0.25) is 0 Å². The van der Waals surface area contributed by atoms with Gasteiger partial charge in [0.05, 0.1) is 12.0 Å². The van der Waals surface area contributed by atoms with Gasteiger partial charge in [-0.25, -0.2) is 0 Å². The molecule has 3 nitrogen and oxygen atoms in total. The average molecular weight is 256 g/mol. The Labute approximate surface area is 109 Å². The molecule has 0 fully saturated rings. The van der Waals surface area contributed by atoms with Gasteiger partial charge >= 0.3 is 0 Å². The molecule has 4 heteroatoms. The first kappa shape index (κ1) is 11.2. The first-order chi connectivity index (χ1) is 8.84. The van der Waals surface area contributed by atoms with Crippen LogP contribution in [0.1, 0.15) is 5.76 Å². The van der Waals surface area contributed by atoms with Crippen LogP contribution in [0.15, 0.2) is 58.3 Å². The summed E-state index contributed by atoms with van der Waals surface area (Å²) in [6, 6.07) is 9.85. The van der Waals surface area contributed by atoms with Crippen molar-refractivity contribution in [1.29, 1.82) is 0 Å². The van der Waals surface area contributed by atoms with E-state index in [-0.39, 0.29) is 0 Å². The van der Waals surface area contributed by atoms with Gasteiger partial charge in [0.15, 0.2) is 0 Å². The molecule has 2 heterocycles. The second-order valence-corrected chi connectivity index (χ2v) is 4.96. The monoisotopic (exact) mass is 256 g/mol. The van der Waals surface area contributed by atoms with Crippen molar-refractivity contribution in [3.05, 3.63) is 54.7 Å². The molecule has 0 atom stereocenters. The van der Waals surface area contributed by atoms with Crippen molar-refractivity contribution < 1.29 is 4.42 Å². The number of nitrogens with zero attached hydrogens (tertiary/aromatic N) is 1. The summed E-state index contributed by atoms with van der Waals surface area (Å²) in [6.07, 6.45) is 5.29. The largest absolute Gasteiger partial charge is 0.468 e. The lowest BCUT2D eigenvalue weighted by atomic mass is 10.1. The van der Waals surface area contributed by atoms with Crippen LogP contribution in [0.5, 0.6) is 0 Å². The van der Waals surface area contributed by atoms with Crippen LogP contribution in [0, 0.1) is 0 Å². The van der Waals surface area contributed by atoms with E-state index in [9.17, 15) is 0 Å². The topological polar surface area (TPSA) is 52.0 Å². The van der Waals surface area contributed by atoms with E-state index in [0.717, 1.165) is 28.0 Å². The van der Waals surface area contributed by atoms with Crippen molar-refractivity contribution in [2.24, 2.45) is 0 Å². The minimum Gasteiger partial charge on any atom is -0.468 e. The minimum atomic E-state index is 0.764. The molecule has 18 heavy (non-hydrogen) atoms. The fourth-order valence-corrected chi connectivity index (χ4v) is 2.81. The molecule has 3 rings (SSSR count). The molecule has 0 amide bonds. The molecule has 0 bridgehead atoms. The maximum absolute atomic E-state index is 5.95. The first-order valence-electron chi connectivity index (χ1n) is 5.62. The molecule has 0 aliphatic carbocycles. The Balaban J connectivity index is 1.94. The van der Waals surface area contributed by atoms with Crippen molar-refractivity contribution >= 4 is 28.2 Å². The molecule has 90 valence electrons. The standard InChI is InChI=1S/C14H12N2OS/c15-13-3-4-14(11-5-6-16-8-12(11)13)18-9-10-2-1-7-17-10/h1-8H,9,15H2. The molecule has 1 aromatic carbocycles. The number of furan rings is 1. The maximum atomic E-state index is 5.95. The number of hydrogen-bond donors (Lipinski definition) is 1. The predicted molar refractivity (Wildman–Crippen MR) is 74.4 cm³/mol. The molecule has 2 aromatic heterocycles. The lowest BCUT2D eigenvalue weighted by Gasteiger charge is -2.07. The molecule has 0 radical (unpaired) electrons. The van der Waals surface area contributed by atoms with Gasteiger partial charge in [0.25, 0.3) is 0 Å². The summed E-state index contributed by atoms with van der Waals surface area (Å²) in [5, 5.41) is 2.14. The number of nitrogen functional groups attached to an aromatic ring is 1. The van der Waals surface area contributed by atoms with E-state index in [1.54, 1.807) is 24.2 Å². The van der Waals surface area contributed by atoms with Crippen molar-refractivity contribution in [3.8, 4) is 0 Å². The number of fused-ring (bicyclic) bond motifs is 1. The molecule has 2 N–H and O–H groups in total. The zero-order valence-corrected chi connectivity index (χ0v) is 10.5. The van der Waals surface area contributed by atoms with Gasteiger partial charge in [0, 0.05) is 33.7 Å².